The summed E-state index contributed by atoms with van der Waals surface area (Å²) in [6, 6.07) is 0.467. The molecule has 172 valence electrons. The highest BCUT2D eigenvalue weighted by molar-refractivity contribution is 7.15. The third kappa shape index (κ3) is 4.09. The first kappa shape index (κ1) is 20.9. The number of aromatic nitrogens is 6. The van der Waals surface area contributed by atoms with Crippen LogP contribution in [0, 0.1) is 0 Å². The number of piperidine rings is 1. The number of H-pyrrole nitrogens is 1. The third-order valence-corrected chi connectivity index (χ3v) is 8.20. The fourth-order valence-corrected chi connectivity index (χ4v) is 5.99. The van der Waals surface area contributed by atoms with E-state index in [-0.39, 0.29) is 0 Å². The first-order chi connectivity index (χ1) is 16.3. The van der Waals surface area contributed by atoms with Gasteiger partial charge in [0.2, 0.25) is 0 Å². The van der Waals surface area contributed by atoms with E-state index in [1.54, 1.807) is 11.3 Å². The van der Waals surface area contributed by atoms with Crippen LogP contribution in [0.25, 0.3) is 32.9 Å². The summed E-state index contributed by atoms with van der Waals surface area (Å²) in [7, 11) is 0. The molecule has 0 saturated carbocycles. The van der Waals surface area contributed by atoms with E-state index in [0.717, 1.165) is 91.4 Å². The van der Waals surface area contributed by atoms with Crippen LogP contribution in [0.1, 0.15) is 49.6 Å². The summed E-state index contributed by atoms with van der Waals surface area (Å²) in [6.07, 6.45) is 14.3. The number of aromatic amines is 1. The van der Waals surface area contributed by atoms with E-state index in [4.69, 9.17) is 19.8 Å². The molecule has 0 spiro atoms. The normalized spacial score (nSPS) is 18.9. The van der Waals surface area contributed by atoms with Crippen LogP contribution in [0.4, 0.5) is 0 Å². The molecule has 1 N–H and O–H groups in total. The summed E-state index contributed by atoms with van der Waals surface area (Å²) in [5.41, 5.74) is 4.68. The van der Waals surface area contributed by atoms with Gasteiger partial charge < -0.3 is 14.6 Å². The van der Waals surface area contributed by atoms with E-state index in [1.807, 2.05) is 24.8 Å². The average molecular weight is 464 g/mol. The van der Waals surface area contributed by atoms with E-state index in [0.29, 0.717) is 12.0 Å². The lowest BCUT2D eigenvalue weighted by atomic mass is 10.0. The minimum Gasteiger partial charge on any atom is -0.381 e. The van der Waals surface area contributed by atoms with Crippen molar-refractivity contribution in [2.24, 2.45) is 0 Å². The molecular formula is C24H29N7OS. The van der Waals surface area contributed by atoms with Gasteiger partial charge in [0, 0.05) is 61.9 Å². The first-order valence-electron chi connectivity index (χ1n) is 11.9. The number of nitrogens with zero attached hydrogens (tertiary/aromatic N) is 6. The molecule has 0 aliphatic carbocycles. The summed E-state index contributed by atoms with van der Waals surface area (Å²) in [6.45, 7) is 7.29. The summed E-state index contributed by atoms with van der Waals surface area (Å²) in [5.74, 6) is 0.493. The molecule has 0 atom stereocenters. The number of thiazole rings is 1. The van der Waals surface area contributed by atoms with Gasteiger partial charge >= 0.3 is 0 Å². The Labute approximate surface area is 197 Å². The van der Waals surface area contributed by atoms with Gasteiger partial charge in [-0.25, -0.2) is 15.0 Å². The van der Waals surface area contributed by atoms with Crippen LogP contribution in [0.3, 0.4) is 0 Å². The summed E-state index contributed by atoms with van der Waals surface area (Å²) >= 11 is 1.73. The van der Waals surface area contributed by atoms with Crippen molar-refractivity contribution in [3.63, 3.8) is 0 Å². The largest absolute Gasteiger partial charge is 0.381 e. The molecule has 2 saturated heterocycles. The molecule has 9 heteroatoms. The van der Waals surface area contributed by atoms with Crippen LogP contribution in [-0.4, -0.2) is 67.5 Å². The molecule has 2 fully saturated rings. The van der Waals surface area contributed by atoms with Gasteiger partial charge in [-0.3, -0.25) is 4.68 Å². The molecule has 2 aliphatic rings. The third-order valence-electron chi connectivity index (χ3n) is 7.02. The molecule has 2 aliphatic heterocycles. The Kier molecular flexibility index (Phi) is 5.69. The van der Waals surface area contributed by atoms with Gasteiger partial charge in [0.05, 0.1) is 28.3 Å². The zero-order chi connectivity index (χ0) is 22.2. The van der Waals surface area contributed by atoms with Gasteiger partial charge in [-0.05, 0) is 32.2 Å². The van der Waals surface area contributed by atoms with Crippen molar-refractivity contribution in [2.75, 3.05) is 32.8 Å². The molecule has 0 radical (unpaired) electrons. The molecule has 0 bridgehead atoms. The summed E-state index contributed by atoms with van der Waals surface area (Å²) in [5, 5.41) is 5.89. The van der Waals surface area contributed by atoms with Crippen molar-refractivity contribution in [3.8, 4) is 21.7 Å². The minimum absolute atomic E-state index is 0.467. The molecule has 33 heavy (non-hydrogen) atoms. The Morgan fingerprint density at radius 2 is 1.94 bits per heavy atom. The van der Waals surface area contributed by atoms with Crippen LogP contribution in [0.2, 0.25) is 0 Å². The van der Waals surface area contributed by atoms with Gasteiger partial charge in [0.15, 0.2) is 5.65 Å². The maximum atomic E-state index is 5.50. The number of ether oxygens (including phenoxy) is 1. The second-order valence-electron chi connectivity index (χ2n) is 8.98. The number of hydrogen-bond acceptors (Lipinski definition) is 7. The number of likely N-dealkylation sites (tertiary alicyclic amines) is 1. The smallest absolute Gasteiger partial charge is 0.156 e. The second kappa shape index (κ2) is 8.96. The van der Waals surface area contributed by atoms with Crippen LogP contribution in [0.15, 0.2) is 31.0 Å². The van der Waals surface area contributed by atoms with Crippen molar-refractivity contribution in [2.45, 2.75) is 44.6 Å². The molecular weight excluding hydrogens is 434 g/mol. The second-order valence-corrected chi connectivity index (χ2v) is 10.0. The molecule has 4 aromatic heterocycles. The van der Waals surface area contributed by atoms with E-state index < -0.39 is 0 Å². The van der Waals surface area contributed by atoms with Crippen molar-refractivity contribution >= 4 is 22.5 Å². The maximum Gasteiger partial charge on any atom is 0.156 e. The van der Waals surface area contributed by atoms with E-state index in [2.05, 4.69) is 32.7 Å². The highest BCUT2D eigenvalue weighted by Crippen LogP contribution is 2.35. The summed E-state index contributed by atoms with van der Waals surface area (Å²) < 4.78 is 7.64. The Morgan fingerprint density at radius 1 is 1.09 bits per heavy atom. The van der Waals surface area contributed by atoms with Gasteiger partial charge in [0.25, 0.3) is 0 Å². The Morgan fingerprint density at radius 3 is 2.76 bits per heavy atom. The van der Waals surface area contributed by atoms with Crippen molar-refractivity contribution in [3.05, 3.63) is 36.0 Å². The number of rotatable bonds is 5. The predicted molar refractivity (Wildman–Crippen MR) is 129 cm³/mol. The predicted octanol–water partition coefficient (Wildman–Crippen LogP) is 4.50. The lowest BCUT2D eigenvalue weighted by Gasteiger charge is -2.31. The lowest BCUT2D eigenvalue weighted by molar-refractivity contribution is 0.0853. The van der Waals surface area contributed by atoms with Crippen molar-refractivity contribution in [1.82, 2.24) is 34.6 Å². The standard InChI is InChI=1S/C24H29N7OS/c1-2-30-7-3-18(4-8-30)31-15-17(11-28-31)19-12-25-23-22(19)29-20(13-26-23)21-14-27-24(33-21)16-5-9-32-10-6-16/h11-16,18H,2-10H2,1H3,(H,25,26). The van der Waals surface area contributed by atoms with E-state index >= 15 is 0 Å². The lowest BCUT2D eigenvalue weighted by Crippen LogP contribution is -2.34. The molecule has 4 aromatic rings. The quantitative estimate of drug-likeness (QED) is 0.469. The van der Waals surface area contributed by atoms with Gasteiger partial charge in [-0.2, -0.15) is 5.10 Å². The molecule has 0 aromatic carbocycles. The first-order valence-corrected chi connectivity index (χ1v) is 12.7. The summed E-state index contributed by atoms with van der Waals surface area (Å²) in [4.78, 5) is 21.2. The molecule has 8 nitrogen and oxygen atoms in total. The average Bonchev–Trinajstić information content (AvgIpc) is 3.63. The van der Waals surface area contributed by atoms with Crippen molar-refractivity contribution in [1.29, 1.82) is 0 Å². The number of hydrogen-bond donors (Lipinski definition) is 1. The number of nitrogens with one attached hydrogen (secondary N) is 1. The molecule has 6 heterocycles. The topological polar surface area (TPSA) is 84.8 Å². The fourth-order valence-electron chi connectivity index (χ4n) is 4.95. The van der Waals surface area contributed by atoms with E-state index in [9.17, 15) is 0 Å². The minimum atomic E-state index is 0.467. The van der Waals surface area contributed by atoms with E-state index in [1.165, 1.54) is 5.01 Å². The van der Waals surface area contributed by atoms with Gasteiger partial charge in [-0.1, -0.05) is 6.92 Å². The van der Waals surface area contributed by atoms with Crippen molar-refractivity contribution < 1.29 is 4.74 Å². The van der Waals surface area contributed by atoms with Crippen LogP contribution < -0.4 is 0 Å². The highest BCUT2D eigenvalue weighted by atomic mass is 32.1. The maximum absolute atomic E-state index is 5.50. The SMILES string of the molecule is CCN1CCC(n2cc(-c3c[nH]c4ncc(-c5cnc(C6CCOCC6)s5)nc34)cn2)CC1. The zero-order valence-electron chi connectivity index (χ0n) is 18.9. The molecule has 6 rings (SSSR count). The Bertz CT molecular complexity index is 1230. The van der Waals surface area contributed by atoms with Crippen LogP contribution in [0.5, 0.6) is 0 Å². The highest BCUT2D eigenvalue weighted by Gasteiger charge is 2.22. The van der Waals surface area contributed by atoms with Crippen LogP contribution >= 0.6 is 11.3 Å². The Balaban J connectivity index is 1.26. The van der Waals surface area contributed by atoms with Gasteiger partial charge in [0.1, 0.15) is 11.2 Å². The zero-order valence-corrected chi connectivity index (χ0v) is 19.7. The van der Waals surface area contributed by atoms with Gasteiger partial charge in [-0.15, -0.1) is 11.3 Å². The monoisotopic (exact) mass is 463 g/mol. The fraction of sp³-hybridized carbons (Fsp3) is 0.500. The Hall–Kier alpha value is -2.62. The number of fused-ring (bicyclic) bond motifs is 1. The molecule has 0 unspecified atom stereocenters. The van der Waals surface area contributed by atoms with Crippen LogP contribution in [-0.2, 0) is 4.74 Å². The molecule has 0 amide bonds.